The normalized spacial score (nSPS) is 14.0. The second kappa shape index (κ2) is 10.9. The van der Waals surface area contributed by atoms with E-state index in [2.05, 4.69) is 20.5 Å². The number of thiazole rings is 1. The molecular formula is C24H27N5O3S. The first-order chi connectivity index (χ1) is 16.1. The van der Waals surface area contributed by atoms with E-state index in [1.807, 2.05) is 47.8 Å². The van der Waals surface area contributed by atoms with Crippen LogP contribution in [0, 0.1) is 5.92 Å². The molecule has 8 nitrogen and oxygen atoms in total. The highest BCUT2D eigenvalue weighted by Crippen LogP contribution is 2.26. The zero-order valence-electron chi connectivity index (χ0n) is 18.5. The maximum absolute atomic E-state index is 11.9. The van der Waals surface area contributed by atoms with Gasteiger partial charge in [0, 0.05) is 43.2 Å². The Morgan fingerprint density at radius 3 is 2.76 bits per heavy atom. The molecule has 1 aliphatic heterocycles. The molecule has 4 rings (SSSR count). The van der Waals surface area contributed by atoms with Gasteiger partial charge in [-0.1, -0.05) is 18.2 Å². The fourth-order valence-electron chi connectivity index (χ4n) is 3.81. The second-order valence-corrected chi connectivity index (χ2v) is 8.73. The van der Waals surface area contributed by atoms with E-state index >= 15 is 0 Å². The van der Waals surface area contributed by atoms with Gasteiger partial charge in [0.1, 0.15) is 12.4 Å². The van der Waals surface area contributed by atoms with Crippen molar-refractivity contribution in [1.82, 2.24) is 15.3 Å². The summed E-state index contributed by atoms with van der Waals surface area (Å²) in [6.07, 6.45) is 1.54. The molecule has 3 aromatic rings. The van der Waals surface area contributed by atoms with Crippen LogP contribution in [0.5, 0.6) is 0 Å². The number of pyridine rings is 1. The third kappa shape index (κ3) is 6.52. The van der Waals surface area contributed by atoms with Crippen LogP contribution in [0.1, 0.15) is 25.5 Å². The maximum atomic E-state index is 11.9. The monoisotopic (exact) mass is 465 g/mol. The number of ether oxygens (including phenoxy) is 1. The molecule has 33 heavy (non-hydrogen) atoms. The standard InChI is InChI=1S/C24H27N5O3S/c1-17(30)27-20-5-2-4-19(12-20)22-6-3-7-23(28-22)29-10-8-18(9-11-29)13-25-24(31)32-14-21-15-33-16-26-21/h2-7,12,15-16,18H,8-11,13-14H2,1H3,(H,25,31)(H,27,30). The Balaban J connectivity index is 1.27. The van der Waals surface area contributed by atoms with E-state index in [1.165, 1.54) is 18.3 Å². The van der Waals surface area contributed by atoms with Crippen LogP contribution in [0.2, 0.25) is 0 Å². The smallest absolute Gasteiger partial charge is 0.407 e. The Morgan fingerprint density at radius 2 is 2.00 bits per heavy atom. The number of alkyl carbamates (subject to hydrolysis) is 1. The van der Waals surface area contributed by atoms with Gasteiger partial charge in [0.15, 0.2) is 0 Å². The first kappa shape index (κ1) is 22.7. The molecule has 2 N–H and O–H groups in total. The molecular weight excluding hydrogens is 438 g/mol. The minimum atomic E-state index is -0.402. The lowest BCUT2D eigenvalue weighted by atomic mass is 9.97. The Morgan fingerprint density at radius 1 is 1.18 bits per heavy atom. The van der Waals surface area contributed by atoms with Gasteiger partial charge in [-0.3, -0.25) is 4.79 Å². The highest BCUT2D eigenvalue weighted by molar-refractivity contribution is 7.07. The van der Waals surface area contributed by atoms with E-state index in [0.29, 0.717) is 12.5 Å². The summed E-state index contributed by atoms with van der Waals surface area (Å²) in [4.78, 5) is 34.5. The highest BCUT2D eigenvalue weighted by Gasteiger charge is 2.21. The van der Waals surface area contributed by atoms with Gasteiger partial charge >= 0.3 is 6.09 Å². The largest absolute Gasteiger partial charge is 0.443 e. The van der Waals surface area contributed by atoms with Gasteiger partial charge in [-0.15, -0.1) is 11.3 Å². The lowest BCUT2D eigenvalue weighted by Crippen LogP contribution is -2.39. The molecule has 0 aliphatic carbocycles. The molecule has 1 aliphatic rings. The van der Waals surface area contributed by atoms with Gasteiger partial charge in [0.2, 0.25) is 5.91 Å². The van der Waals surface area contributed by atoms with E-state index in [4.69, 9.17) is 9.72 Å². The Labute approximate surface area is 197 Å². The summed E-state index contributed by atoms with van der Waals surface area (Å²) in [7, 11) is 0. The lowest BCUT2D eigenvalue weighted by molar-refractivity contribution is -0.114. The van der Waals surface area contributed by atoms with E-state index in [-0.39, 0.29) is 12.5 Å². The van der Waals surface area contributed by atoms with Crippen LogP contribution in [0.15, 0.2) is 53.4 Å². The van der Waals surface area contributed by atoms with Crippen molar-refractivity contribution in [2.45, 2.75) is 26.4 Å². The first-order valence-electron chi connectivity index (χ1n) is 10.9. The fourth-order valence-corrected chi connectivity index (χ4v) is 4.36. The van der Waals surface area contributed by atoms with Crippen LogP contribution in [-0.2, 0) is 16.1 Å². The molecule has 0 spiro atoms. The van der Waals surface area contributed by atoms with Gasteiger partial charge in [0.05, 0.1) is 16.9 Å². The lowest BCUT2D eigenvalue weighted by Gasteiger charge is -2.33. The number of hydrogen-bond acceptors (Lipinski definition) is 7. The number of nitrogens with one attached hydrogen (secondary N) is 2. The molecule has 0 bridgehead atoms. The van der Waals surface area contributed by atoms with Crippen molar-refractivity contribution in [1.29, 1.82) is 0 Å². The SMILES string of the molecule is CC(=O)Nc1cccc(-c2cccc(N3CCC(CNC(=O)OCc4cscn4)CC3)n2)c1. The Hall–Kier alpha value is -3.46. The molecule has 9 heteroatoms. The van der Waals surface area contributed by atoms with E-state index in [9.17, 15) is 9.59 Å². The second-order valence-electron chi connectivity index (χ2n) is 8.01. The fraction of sp³-hybridized carbons (Fsp3) is 0.333. The van der Waals surface area contributed by atoms with Crippen LogP contribution in [-0.4, -0.2) is 41.6 Å². The van der Waals surface area contributed by atoms with Crippen molar-refractivity contribution in [3.8, 4) is 11.3 Å². The molecule has 1 aromatic carbocycles. The number of carbonyl (C=O) groups is 2. The number of anilines is 2. The highest BCUT2D eigenvalue weighted by atomic mass is 32.1. The average molecular weight is 466 g/mol. The summed E-state index contributed by atoms with van der Waals surface area (Å²) in [5.41, 5.74) is 5.06. The number of rotatable bonds is 7. The summed E-state index contributed by atoms with van der Waals surface area (Å²) >= 11 is 1.48. The molecule has 0 atom stereocenters. The van der Waals surface area contributed by atoms with Crippen molar-refractivity contribution in [3.63, 3.8) is 0 Å². The van der Waals surface area contributed by atoms with Gasteiger partial charge in [-0.2, -0.15) is 0 Å². The van der Waals surface area contributed by atoms with Crippen molar-refractivity contribution < 1.29 is 14.3 Å². The van der Waals surface area contributed by atoms with Crippen molar-refractivity contribution in [2.75, 3.05) is 29.9 Å². The van der Waals surface area contributed by atoms with E-state index in [1.54, 1.807) is 5.51 Å². The summed E-state index contributed by atoms with van der Waals surface area (Å²) in [5, 5.41) is 7.55. The van der Waals surface area contributed by atoms with Crippen LogP contribution >= 0.6 is 11.3 Å². The third-order valence-electron chi connectivity index (χ3n) is 5.52. The summed E-state index contributed by atoms with van der Waals surface area (Å²) < 4.78 is 5.20. The molecule has 0 radical (unpaired) electrons. The number of nitrogens with zero attached hydrogens (tertiary/aromatic N) is 3. The first-order valence-corrected chi connectivity index (χ1v) is 11.9. The van der Waals surface area contributed by atoms with E-state index < -0.39 is 6.09 Å². The van der Waals surface area contributed by atoms with E-state index in [0.717, 1.165) is 54.4 Å². The number of hydrogen-bond donors (Lipinski definition) is 2. The van der Waals surface area contributed by atoms with Gasteiger partial charge in [0.25, 0.3) is 0 Å². The predicted octanol–water partition coefficient (Wildman–Crippen LogP) is 4.31. The predicted molar refractivity (Wildman–Crippen MR) is 129 cm³/mol. The zero-order valence-corrected chi connectivity index (χ0v) is 19.3. The third-order valence-corrected chi connectivity index (χ3v) is 6.16. The molecule has 0 saturated carbocycles. The van der Waals surface area contributed by atoms with Crippen LogP contribution in [0.3, 0.4) is 0 Å². The Bertz CT molecular complexity index is 1080. The maximum Gasteiger partial charge on any atom is 0.407 e. The number of carbonyl (C=O) groups excluding carboxylic acids is 2. The Kier molecular flexibility index (Phi) is 7.51. The number of amides is 2. The summed E-state index contributed by atoms with van der Waals surface area (Å²) in [6.45, 7) is 4.05. The van der Waals surface area contributed by atoms with Crippen molar-refractivity contribution >= 4 is 34.8 Å². The van der Waals surface area contributed by atoms with Crippen molar-refractivity contribution in [2.24, 2.45) is 5.92 Å². The minimum Gasteiger partial charge on any atom is -0.443 e. The summed E-state index contributed by atoms with van der Waals surface area (Å²) in [5.74, 6) is 1.25. The number of benzene rings is 1. The minimum absolute atomic E-state index is 0.0982. The van der Waals surface area contributed by atoms with Gasteiger partial charge in [-0.05, 0) is 43.0 Å². The van der Waals surface area contributed by atoms with Gasteiger partial charge < -0.3 is 20.3 Å². The molecule has 2 aromatic heterocycles. The van der Waals surface area contributed by atoms with Gasteiger partial charge in [-0.25, -0.2) is 14.8 Å². The molecule has 3 heterocycles. The topological polar surface area (TPSA) is 96.5 Å². The quantitative estimate of drug-likeness (QED) is 0.540. The molecule has 0 unspecified atom stereocenters. The van der Waals surface area contributed by atoms with Crippen LogP contribution < -0.4 is 15.5 Å². The van der Waals surface area contributed by atoms with Crippen LogP contribution in [0.25, 0.3) is 11.3 Å². The number of piperidine rings is 1. The molecule has 1 fully saturated rings. The molecule has 2 amide bonds. The molecule has 1 saturated heterocycles. The number of aromatic nitrogens is 2. The zero-order chi connectivity index (χ0) is 23.0. The average Bonchev–Trinajstić information content (AvgIpc) is 3.35. The molecule has 172 valence electrons. The summed E-state index contributed by atoms with van der Waals surface area (Å²) in [6, 6.07) is 13.7. The van der Waals surface area contributed by atoms with Crippen molar-refractivity contribution in [3.05, 3.63) is 59.0 Å². The van der Waals surface area contributed by atoms with Crippen LogP contribution in [0.4, 0.5) is 16.3 Å².